The molecule has 2 amide bonds. The standard InChI is InChI=1S/C25H28N2O2S2/c1-17(2)27(23(28)15-19-8-6-13-30-19)16-24(29)26-12-10-22-21(11-14-31-22)25(26)20-9-5-4-7-18(20)3/h4-9,11,13-14,17,25H,10,12,15-16H2,1-3H3. The number of hydrogen-bond donors (Lipinski definition) is 0. The second-order valence-electron chi connectivity index (χ2n) is 8.27. The first-order valence-electron chi connectivity index (χ1n) is 10.7. The van der Waals surface area contributed by atoms with Crippen molar-refractivity contribution in [3.05, 3.63) is 79.7 Å². The molecule has 0 bridgehead atoms. The first-order valence-corrected chi connectivity index (χ1v) is 12.4. The van der Waals surface area contributed by atoms with Crippen LogP contribution in [0.2, 0.25) is 0 Å². The molecule has 0 saturated heterocycles. The van der Waals surface area contributed by atoms with Crippen LogP contribution in [-0.4, -0.2) is 40.7 Å². The molecule has 0 saturated carbocycles. The zero-order chi connectivity index (χ0) is 22.0. The third-order valence-electron chi connectivity index (χ3n) is 5.92. The summed E-state index contributed by atoms with van der Waals surface area (Å²) in [5, 5.41) is 4.10. The summed E-state index contributed by atoms with van der Waals surface area (Å²) in [6.07, 6.45) is 1.21. The number of hydrogen-bond acceptors (Lipinski definition) is 4. The predicted molar refractivity (Wildman–Crippen MR) is 128 cm³/mol. The predicted octanol–water partition coefficient (Wildman–Crippen LogP) is 5.07. The summed E-state index contributed by atoms with van der Waals surface area (Å²) >= 11 is 3.35. The van der Waals surface area contributed by atoms with Crippen LogP contribution in [0.3, 0.4) is 0 Å². The van der Waals surface area contributed by atoms with E-state index in [1.807, 2.05) is 48.4 Å². The zero-order valence-electron chi connectivity index (χ0n) is 18.2. The van der Waals surface area contributed by atoms with Crippen molar-refractivity contribution in [2.24, 2.45) is 0 Å². The quantitative estimate of drug-likeness (QED) is 0.524. The lowest BCUT2D eigenvalue weighted by atomic mass is 9.90. The SMILES string of the molecule is Cc1ccccc1C1c2ccsc2CCN1C(=O)CN(C(=O)Cc1cccs1)C(C)C. The molecule has 0 spiro atoms. The molecule has 0 radical (unpaired) electrons. The molecule has 4 rings (SSSR count). The lowest BCUT2D eigenvalue weighted by molar-refractivity contribution is -0.142. The van der Waals surface area contributed by atoms with Crippen molar-refractivity contribution < 1.29 is 9.59 Å². The van der Waals surface area contributed by atoms with Crippen molar-refractivity contribution in [1.82, 2.24) is 9.80 Å². The molecule has 3 heterocycles. The van der Waals surface area contributed by atoms with E-state index in [4.69, 9.17) is 0 Å². The third kappa shape index (κ3) is 4.60. The van der Waals surface area contributed by atoms with Crippen LogP contribution >= 0.6 is 22.7 Å². The van der Waals surface area contributed by atoms with Crippen LogP contribution in [0.15, 0.2) is 53.2 Å². The van der Waals surface area contributed by atoms with E-state index in [9.17, 15) is 9.59 Å². The summed E-state index contributed by atoms with van der Waals surface area (Å²) in [5.41, 5.74) is 3.56. The van der Waals surface area contributed by atoms with Gasteiger partial charge in [0, 0.05) is 22.3 Å². The van der Waals surface area contributed by atoms with Crippen molar-refractivity contribution in [3.8, 4) is 0 Å². The Labute approximate surface area is 192 Å². The number of thiophene rings is 2. The Balaban J connectivity index is 1.59. The highest BCUT2D eigenvalue weighted by atomic mass is 32.1. The number of benzene rings is 1. The van der Waals surface area contributed by atoms with Gasteiger partial charge in [0.1, 0.15) is 6.54 Å². The maximum atomic E-state index is 13.6. The van der Waals surface area contributed by atoms with Gasteiger partial charge in [-0.1, -0.05) is 30.3 Å². The maximum Gasteiger partial charge on any atom is 0.243 e. The molecule has 1 aromatic carbocycles. The van der Waals surface area contributed by atoms with Gasteiger partial charge in [0.05, 0.1) is 12.5 Å². The van der Waals surface area contributed by atoms with Gasteiger partial charge in [0.25, 0.3) is 0 Å². The summed E-state index contributed by atoms with van der Waals surface area (Å²) in [5.74, 6) is 0.0183. The molecule has 3 aromatic rings. The van der Waals surface area contributed by atoms with Gasteiger partial charge in [-0.15, -0.1) is 22.7 Å². The topological polar surface area (TPSA) is 40.6 Å². The Kier molecular flexibility index (Phi) is 6.58. The van der Waals surface area contributed by atoms with Gasteiger partial charge in [-0.2, -0.15) is 0 Å². The van der Waals surface area contributed by atoms with E-state index >= 15 is 0 Å². The van der Waals surface area contributed by atoms with Crippen LogP contribution in [0.1, 0.15) is 46.3 Å². The monoisotopic (exact) mass is 452 g/mol. The molecule has 1 aliphatic rings. The highest BCUT2D eigenvalue weighted by Gasteiger charge is 2.35. The number of rotatable bonds is 6. The van der Waals surface area contributed by atoms with Crippen LogP contribution < -0.4 is 0 Å². The zero-order valence-corrected chi connectivity index (χ0v) is 19.8. The van der Waals surface area contributed by atoms with Gasteiger partial charge in [0.15, 0.2) is 0 Å². The fraction of sp³-hybridized carbons (Fsp3) is 0.360. The molecule has 4 nitrogen and oxygen atoms in total. The molecular weight excluding hydrogens is 424 g/mol. The number of aryl methyl sites for hydroxylation is 1. The van der Waals surface area contributed by atoms with E-state index in [-0.39, 0.29) is 30.4 Å². The normalized spacial score (nSPS) is 15.7. The summed E-state index contributed by atoms with van der Waals surface area (Å²) in [6, 6.07) is 14.2. The largest absolute Gasteiger partial charge is 0.331 e. The molecule has 162 valence electrons. The average molecular weight is 453 g/mol. The first kappa shape index (κ1) is 21.8. The van der Waals surface area contributed by atoms with E-state index < -0.39 is 0 Å². The fourth-order valence-electron chi connectivity index (χ4n) is 4.27. The number of fused-ring (bicyclic) bond motifs is 1. The molecule has 1 unspecified atom stereocenters. The minimum absolute atomic E-state index is 0.00599. The highest BCUT2D eigenvalue weighted by Crippen LogP contribution is 2.39. The third-order valence-corrected chi connectivity index (χ3v) is 7.80. The summed E-state index contributed by atoms with van der Waals surface area (Å²) in [4.78, 5) is 32.7. The lowest BCUT2D eigenvalue weighted by Crippen LogP contribution is -2.49. The van der Waals surface area contributed by atoms with Crippen molar-refractivity contribution in [2.75, 3.05) is 13.1 Å². The molecule has 1 aliphatic heterocycles. The lowest BCUT2D eigenvalue weighted by Gasteiger charge is -2.38. The minimum Gasteiger partial charge on any atom is -0.331 e. The van der Waals surface area contributed by atoms with Gasteiger partial charge >= 0.3 is 0 Å². The molecule has 0 N–H and O–H groups in total. The second-order valence-corrected chi connectivity index (χ2v) is 10.3. The van der Waals surface area contributed by atoms with Gasteiger partial charge in [0.2, 0.25) is 11.8 Å². The van der Waals surface area contributed by atoms with E-state index in [2.05, 4.69) is 30.5 Å². The van der Waals surface area contributed by atoms with Gasteiger partial charge in [-0.25, -0.2) is 0 Å². The van der Waals surface area contributed by atoms with Crippen LogP contribution in [0.5, 0.6) is 0 Å². The molecule has 0 aliphatic carbocycles. The van der Waals surface area contributed by atoms with Gasteiger partial charge in [-0.3, -0.25) is 9.59 Å². The highest BCUT2D eigenvalue weighted by molar-refractivity contribution is 7.10. The average Bonchev–Trinajstić information content (AvgIpc) is 3.43. The van der Waals surface area contributed by atoms with E-state index in [1.165, 1.54) is 16.0 Å². The number of carbonyl (C=O) groups excluding carboxylic acids is 2. The Morgan fingerprint density at radius 2 is 1.87 bits per heavy atom. The number of carbonyl (C=O) groups is 2. The molecule has 6 heteroatoms. The summed E-state index contributed by atoms with van der Waals surface area (Å²) in [7, 11) is 0. The Morgan fingerprint density at radius 3 is 2.58 bits per heavy atom. The Morgan fingerprint density at radius 1 is 1.06 bits per heavy atom. The van der Waals surface area contributed by atoms with Crippen molar-refractivity contribution in [1.29, 1.82) is 0 Å². The van der Waals surface area contributed by atoms with E-state index in [0.717, 1.165) is 16.9 Å². The Hall–Kier alpha value is -2.44. The first-order chi connectivity index (χ1) is 15.0. The minimum atomic E-state index is -0.0925. The molecule has 2 aromatic heterocycles. The van der Waals surface area contributed by atoms with Gasteiger partial charge in [-0.05, 0) is 66.8 Å². The van der Waals surface area contributed by atoms with E-state index in [1.54, 1.807) is 27.6 Å². The molecular formula is C25H28N2O2S2. The second kappa shape index (κ2) is 9.37. The van der Waals surface area contributed by atoms with Crippen molar-refractivity contribution in [3.63, 3.8) is 0 Å². The van der Waals surface area contributed by atoms with Crippen molar-refractivity contribution in [2.45, 2.75) is 45.7 Å². The van der Waals surface area contributed by atoms with Crippen LogP contribution in [0.4, 0.5) is 0 Å². The summed E-state index contributed by atoms with van der Waals surface area (Å²) in [6.45, 7) is 6.85. The molecule has 0 fully saturated rings. The van der Waals surface area contributed by atoms with Crippen LogP contribution in [0, 0.1) is 6.92 Å². The number of nitrogens with zero attached hydrogens (tertiary/aromatic N) is 2. The summed E-state index contributed by atoms with van der Waals surface area (Å²) < 4.78 is 0. The maximum absolute atomic E-state index is 13.6. The fourth-order valence-corrected chi connectivity index (χ4v) is 5.87. The number of amides is 2. The Bertz CT molecular complexity index is 1060. The smallest absolute Gasteiger partial charge is 0.243 e. The molecule has 1 atom stereocenters. The van der Waals surface area contributed by atoms with E-state index in [0.29, 0.717) is 13.0 Å². The molecule has 31 heavy (non-hydrogen) atoms. The van der Waals surface area contributed by atoms with Crippen LogP contribution in [0.25, 0.3) is 0 Å². The van der Waals surface area contributed by atoms with Gasteiger partial charge < -0.3 is 9.80 Å². The van der Waals surface area contributed by atoms with Crippen LogP contribution in [-0.2, 0) is 22.4 Å². The van der Waals surface area contributed by atoms with Crippen molar-refractivity contribution >= 4 is 34.5 Å².